The third-order valence-electron chi connectivity index (χ3n) is 2.47. The quantitative estimate of drug-likeness (QED) is 0.616. The molecule has 1 atom stereocenters. The van der Waals surface area contributed by atoms with Gasteiger partial charge < -0.3 is 16.6 Å². The Morgan fingerprint density at radius 1 is 1.36 bits per heavy atom. The first kappa shape index (κ1) is 11.0. The van der Waals surface area contributed by atoms with E-state index in [-0.39, 0.29) is 6.61 Å². The molecule has 0 unspecified atom stereocenters. The maximum atomic E-state index is 9.17. The molecule has 0 aliphatic heterocycles. The van der Waals surface area contributed by atoms with Crippen molar-refractivity contribution in [2.45, 2.75) is 26.3 Å². The van der Waals surface area contributed by atoms with E-state index in [4.69, 9.17) is 11.5 Å². The average molecular weight is 194 g/mol. The minimum Gasteiger partial charge on any atom is -0.398 e. The number of rotatable bonds is 2. The molecular weight excluding hydrogens is 176 g/mol. The van der Waals surface area contributed by atoms with E-state index in [2.05, 4.69) is 0 Å². The summed E-state index contributed by atoms with van der Waals surface area (Å²) >= 11 is 0. The summed E-state index contributed by atoms with van der Waals surface area (Å²) < 4.78 is 0. The van der Waals surface area contributed by atoms with Crippen molar-refractivity contribution in [2.75, 3.05) is 12.3 Å². The van der Waals surface area contributed by atoms with Gasteiger partial charge in [-0.25, -0.2) is 0 Å². The third-order valence-corrected chi connectivity index (χ3v) is 2.47. The van der Waals surface area contributed by atoms with Gasteiger partial charge in [0.05, 0.1) is 12.1 Å². The van der Waals surface area contributed by atoms with Crippen molar-refractivity contribution >= 4 is 5.69 Å². The van der Waals surface area contributed by atoms with Crippen molar-refractivity contribution < 1.29 is 5.11 Å². The summed E-state index contributed by atoms with van der Waals surface area (Å²) in [5.41, 5.74) is 14.7. The molecule has 0 radical (unpaired) electrons. The Morgan fingerprint density at radius 3 is 2.43 bits per heavy atom. The number of aryl methyl sites for hydroxylation is 2. The molecule has 14 heavy (non-hydrogen) atoms. The summed E-state index contributed by atoms with van der Waals surface area (Å²) in [7, 11) is 0. The molecule has 0 amide bonds. The topological polar surface area (TPSA) is 72.3 Å². The van der Waals surface area contributed by atoms with E-state index in [1.807, 2.05) is 26.0 Å². The Labute approximate surface area is 84.7 Å². The summed E-state index contributed by atoms with van der Waals surface area (Å²) in [4.78, 5) is 0. The lowest BCUT2D eigenvalue weighted by atomic mass is 9.89. The Balaban J connectivity index is 3.34. The lowest BCUT2D eigenvalue weighted by Gasteiger charge is -2.25. The number of aliphatic hydroxyl groups is 1. The van der Waals surface area contributed by atoms with Crippen molar-refractivity contribution in [1.29, 1.82) is 0 Å². The molecule has 0 spiro atoms. The van der Waals surface area contributed by atoms with Crippen LogP contribution in [0.2, 0.25) is 0 Å². The van der Waals surface area contributed by atoms with Crippen LogP contribution in [-0.4, -0.2) is 11.7 Å². The van der Waals surface area contributed by atoms with Gasteiger partial charge in [0, 0.05) is 5.69 Å². The number of nitrogens with two attached hydrogens (primary N) is 2. The molecule has 78 valence electrons. The number of benzene rings is 1. The van der Waals surface area contributed by atoms with Gasteiger partial charge in [0.15, 0.2) is 0 Å². The lowest BCUT2D eigenvalue weighted by molar-refractivity contribution is 0.210. The molecule has 0 saturated heterocycles. The lowest BCUT2D eigenvalue weighted by Crippen LogP contribution is -2.37. The number of nitrogen functional groups attached to an aromatic ring is 1. The van der Waals surface area contributed by atoms with Gasteiger partial charge in [0.25, 0.3) is 0 Å². The molecule has 0 bridgehead atoms. The van der Waals surface area contributed by atoms with E-state index in [0.717, 1.165) is 16.7 Å². The number of anilines is 1. The van der Waals surface area contributed by atoms with Crippen LogP contribution in [0, 0.1) is 13.8 Å². The third kappa shape index (κ3) is 1.89. The smallest absolute Gasteiger partial charge is 0.0651 e. The standard InChI is InChI=1S/C11H18N2O/c1-7-4-8(2)10(12)9(5-7)11(3,13)6-14/h4-5,14H,6,12-13H2,1-3H3/t11-/m0/s1. The van der Waals surface area contributed by atoms with Gasteiger partial charge in [-0.2, -0.15) is 0 Å². The Hall–Kier alpha value is -1.06. The largest absolute Gasteiger partial charge is 0.398 e. The van der Waals surface area contributed by atoms with Crippen LogP contribution in [-0.2, 0) is 5.54 Å². The molecule has 0 saturated carbocycles. The average Bonchev–Trinajstić information content (AvgIpc) is 2.11. The van der Waals surface area contributed by atoms with Crippen LogP contribution >= 0.6 is 0 Å². The van der Waals surface area contributed by atoms with Crippen LogP contribution in [0.15, 0.2) is 12.1 Å². The second kappa shape index (κ2) is 3.59. The predicted molar refractivity (Wildman–Crippen MR) is 59.0 cm³/mol. The summed E-state index contributed by atoms with van der Waals surface area (Å²) in [6, 6.07) is 3.94. The molecule has 0 aromatic heterocycles. The molecule has 1 rings (SSSR count). The normalized spacial score (nSPS) is 15.2. The fourth-order valence-corrected chi connectivity index (χ4v) is 1.54. The first-order valence-corrected chi connectivity index (χ1v) is 4.65. The Bertz CT molecular complexity index is 345. The molecular formula is C11H18N2O. The van der Waals surface area contributed by atoms with Crippen molar-refractivity contribution in [3.63, 3.8) is 0 Å². The van der Waals surface area contributed by atoms with E-state index in [1.54, 1.807) is 6.92 Å². The summed E-state index contributed by atoms with van der Waals surface area (Å²) in [5, 5.41) is 9.17. The zero-order chi connectivity index (χ0) is 10.9. The van der Waals surface area contributed by atoms with Crippen molar-refractivity contribution in [1.82, 2.24) is 0 Å². The maximum Gasteiger partial charge on any atom is 0.0651 e. The molecule has 3 nitrogen and oxygen atoms in total. The van der Waals surface area contributed by atoms with Crippen LogP contribution in [0.25, 0.3) is 0 Å². The number of hydrogen-bond donors (Lipinski definition) is 3. The molecule has 3 heteroatoms. The van der Waals surface area contributed by atoms with E-state index < -0.39 is 5.54 Å². The van der Waals surface area contributed by atoms with Gasteiger partial charge in [-0.1, -0.05) is 17.7 Å². The molecule has 1 aromatic rings. The van der Waals surface area contributed by atoms with Crippen LogP contribution < -0.4 is 11.5 Å². The zero-order valence-electron chi connectivity index (χ0n) is 8.96. The minimum absolute atomic E-state index is 0.111. The van der Waals surface area contributed by atoms with Gasteiger partial charge in [0.1, 0.15) is 0 Å². The predicted octanol–water partition coefficient (Wildman–Crippen LogP) is 1.05. The van der Waals surface area contributed by atoms with Gasteiger partial charge in [0.2, 0.25) is 0 Å². The highest BCUT2D eigenvalue weighted by Gasteiger charge is 2.23. The van der Waals surface area contributed by atoms with Crippen molar-refractivity contribution in [2.24, 2.45) is 5.73 Å². The maximum absolute atomic E-state index is 9.17. The molecule has 0 fully saturated rings. The van der Waals surface area contributed by atoms with E-state index >= 15 is 0 Å². The highest BCUT2D eigenvalue weighted by molar-refractivity contribution is 5.57. The van der Waals surface area contributed by atoms with Gasteiger partial charge >= 0.3 is 0 Å². The van der Waals surface area contributed by atoms with Crippen molar-refractivity contribution in [3.05, 3.63) is 28.8 Å². The highest BCUT2D eigenvalue weighted by Crippen LogP contribution is 2.27. The summed E-state index contributed by atoms with van der Waals surface area (Å²) in [6.07, 6.45) is 0. The fraction of sp³-hybridized carbons (Fsp3) is 0.455. The van der Waals surface area contributed by atoms with Gasteiger partial charge in [-0.05, 0) is 31.9 Å². The highest BCUT2D eigenvalue weighted by atomic mass is 16.3. The second-order valence-electron chi connectivity index (χ2n) is 4.12. The van der Waals surface area contributed by atoms with Crippen LogP contribution in [0.5, 0.6) is 0 Å². The van der Waals surface area contributed by atoms with Gasteiger partial charge in [-0.3, -0.25) is 0 Å². The van der Waals surface area contributed by atoms with Crippen LogP contribution in [0.1, 0.15) is 23.6 Å². The van der Waals surface area contributed by atoms with E-state index in [9.17, 15) is 5.11 Å². The molecule has 0 heterocycles. The first-order chi connectivity index (χ1) is 6.38. The molecule has 0 aliphatic carbocycles. The second-order valence-corrected chi connectivity index (χ2v) is 4.12. The monoisotopic (exact) mass is 194 g/mol. The van der Waals surface area contributed by atoms with Crippen molar-refractivity contribution in [3.8, 4) is 0 Å². The Morgan fingerprint density at radius 2 is 1.93 bits per heavy atom. The first-order valence-electron chi connectivity index (χ1n) is 4.65. The van der Waals surface area contributed by atoms with Crippen LogP contribution in [0.4, 0.5) is 5.69 Å². The fourth-order valence-electron chi connectivity index (χ4n) is 1.54. The molecule has 0 aliphatic rings. The summed E-state index contributed by atoms with van der Waals surface area (Å²) in [5.74, 6) is 0. The summed E-state index contributed by atoms with van der Waals surface area (Å²) in [6.45, 7) is 5.60. The van der Waals surface area contributed by atoms with E-state index in [1.165, 1.54) is 0 Å². The zero-order valence-corrected chi connectivity index (χ0v) is 8.96. The SMILES string of the molecule is Cc1cc(C)c(N)c([C@@](C)(N)CO)c1. The Kier molecular flexibility index (Phi) is 2.83. The van der Waals surface area contributed by atoms with Gasteiger partial charge in [-0.15, -0.1) is 0 Å². The molecule has 1 aromatic carbocycles. The number of hydrogen-bond acceptors (Lipinski definition) is 3. The number of aliphatic hydroxyl groups excluding tert-OH is 1. The molecule has 5 N–H and O–H groups in total. The minimum atomic E-state index is -0.763. The van der Waals surface area contributed by atoms with Crippen LogP contribution in [0.3, 0.4) is 0 Å². The van der Waals surface area contributed by atoms with E-state index in [0.29, 0.717) is 5.69 Å².